The second-order valence-corrected chi connectivity index (χ2v) is 4.17. The molecule has 0 aliphatic carbocycles. The number of allylic oxidation sites excluding steroid dienone is 3. The molecule has 7 nitrogen and oxygen atoms in total. The van der Waals surface area contributed by atoms with Gasteiger partial charge in [0.15, 0.2) is 5.69 Å². The van der Waals surface area contributed by atoms with Crippen molar-refractivity contribution in [3.8, 4) is 0 Å². The van der Waals surface area contributed by atoms with Crippen LogP contribution in [0.1, 0.15) is 23.5 Å². The van der Waals surface area contributed by atoms with Crippen molar-refractivity contribution < 1.29 is 14.7 Å². The van der Waals surface area contributed by atoms with Gasteiger partial charge in [-0.2, -0.15) is 0 Å². The number of hydrogen-bond acceptors (Lipinski definition) is 4. The molecule has 1 aliphatic heterocycles. The van der Waals surface area contributed by atoms with Crippen molar-refractivity contribution in [2.75, 3.05) is 13.1 Å². The van der Waals surface area contributed by atoms with Crippen LogP contribution in [-0.4, -0.2) is 50.0 Å². The van der Waals surface area contributed by atoms with E-state index < -0.39 is 5.97 Å². The molecule has 100 valence electrons. The van der Waals surface area contributed by atoms with Crippen molar-refractivity contribution in [1.82, 2.24) is 19.9 Å². The maximum Gasteiger partial charge on any atom is 0.358 e. The monoisotopic (exact) mass is 262 g/mol. The standard InChI is InChI=1S/C12H14N4O3/c1-2-3-4-5-11(17)15-6-9(7-15)16-8-10(12(18)19)13-14-16/h2-5,8-9H,6-7H2,1H3,(H,18,19)/b3-2+,5-4+. The Morgan fingerprint density at radius 3 is 2.74 bits per heavy atom. The highest BCUT2D eigenvalue weighted by atomic mass is 16.4. The number of carboxylic acids is 1. The van der Waals surface area contributed by atoms with Crippen LogP contribution in [0, 0.1) is 0 Å². The van der Waals surface area contributed by atoms with Gasteiger partial charge < -0.3 is 10.0 Å². The molecule has 2 rings (SSSR count). The lowest BCUT2D eigenvalue weighted by Gasteiger charge is -2.38. The number of carboxylic acid groups (broad SMARTS) is 1. The quantitative estimate of drug-likeness (QED) is 0.630. The van der Waals surface area contributed by atoms with Crippen LogP contribution in [0.3, 0.4) is 0 Å². The van der Waals surface area contributed by atoms with E-state index in [1.165, 1.54) is 17.0 Å². The molecule has 1 aliphatic rings. The molecular formula is C12H14N4O3. The van der Waals surface area contributed by atoms with Gasteiger partial charge >= 0.3 is 5.97 Å². The van der Waals surface area contributed by atoms with Gasteiger partial charge in [0.1, 0.15) is 0 Å². The van der Waals surface area contributed by atoms with Gasteiger partial charge in [-0.3, -0.25) is 4.79 Å². The van der Waals surface area contributed by atoms with Crippen LogP contribution in [0.4, 0.5) is 0 Å². The SMILES string of the molecule is C/C=C/C=C/C(=O)N1CC(n2cc(C(=O)O)nn2)C1. The summed E-state index contributed by atoms with van der Waals surface area (Å²) < 4.78 is 1.49. The highest BCUT2D eigenvalue weighted by Crippen LogP contribution is 2.20. The summed E-state index contributed by atoms with van der Waals surface area (Å²) in [6, 6.07) is -0.000308. The minimum absolute atomic E-state index is 0.000308. The molecular weight excluding hydrogens is 248 g/mol. The third-order valence-corrected chi connectivity index (χ3v) is 2.82. The topological polar surface area (TPSA) is 88.3 Å². The summed E-state index contributed by atoms with van der Waals surface area (Å²) in [7, 11) is 0. The third-order valence-electron chi connectivity index (χ3n) is 2.82. The first-order chi connectivity index (χ1) is 9.11. The number of nitrogens with zero attached hydrogens (tertiary/aromatic N) is 4. The second kappa shape index (κ2) is 5.47. The first-order valence-corrected chi connectivity index (χ1v) is 5.85. The zero-order chi connectivity index (χ0) is 13.8. The zero-order valence-corrected chi connectivity index (χ0v) is 10.4. The molecule has 0 spiro atoms. The highest BCUT2D eigenvalue weighted by molar-refractivity contribution is 5.88. The van der Waals surface area contributed by atoms with Gasteiger partial charge in [0, 0.05) is 19.2 Å². The number of aromatic nitrogens is 3. The van der Waals surface area contributed by atoms with E-state index >= 15 is 0 Å². The first-order valence-electron chi connectivity index (χ1n) is 5.85. The Morgan fingerprint density at radius 1 is 1.42 bits per heavy atom. The molecule has 0 radical (unpaired) electrons. The van der Waals surface area contributed by atoms with Crippen molar-refractivity contribution in [3.63, 3.8) is 0 Å². The predicted molar refractivity (Wildman–Crippen MR) is 66.6 cm³/mol. The fraction of sp³-hybridized carbons (Fsp3) is 0.333. The summed E-state index contributed by atoms with van der Waals surface area (Å²) in [5.41, 5.74) is -0.0854. The summed E-state index contributed by atoms with van der Waals surface area (Å²) in [6.45, 7) is 2.90. The van der Waals surface area contributed by atoms with E-state index in [1.807, 2.05) is 13.0 Å². The van der Waals surface area contributed by atoms with Crippen LogP contribution in [-0.2, 0) is 4.79 Å². The van der Waals surface area contributed by atoms with Crippen LogP contribution >= 0.6 is 0 Å². The zero-order valence-electron chi connectivity index (χ0n) is 10.4. The molecule has 0 bridgehead atoms. The largest absolute Gasteiger partial charge is 0.476 e. The van der Waals surface area contributed by atoms with Crippen LogP contribution in [0.15, 0.2) is 30.5 Å². The molecule has 19 heavy (non-hydrogen) atoms. The van der Waals surface area contributed by atoms with E-state index in [0.717, 1.165) is 0 Å². The van der Waals surface area contributed by atoms with Crippen LogP contribution in [0.25, 0.3) is 0 Å². The van der Waals surface area contributed by atoms with Crippen LogP contribution in [0.2, 0.25) is 0 Å². The average Bonchev–Trinajstić information content (AvgIpc) is 2.77. The van der Waals surface area contributed by atoms with Crippen molar-refractivity contribution in [3.05, 3.63) is 36.2 Å². The number of carbonyl (C=O) groups excluding carboxylic acids is 1. The lowest BCUT2D eigenvalue weighted by atomic mass is 10.1. The second-order valence-electron chi connectivity index (χ2n) is 4.17. The Hall–Kier alpha value is -2.44. The van der Waals surface area contributed by atoms with E-state index in [9.17, 15) is 9.59 Å². The molecule has 1 fully saturated rings. The number of amides is 1. The molecule has 1 N–H and O–H groups in total. The lowest BCUT2D eigenvalue weighted by molar-refractivity contribution is -0.131. The molecule has 1 aromatic rings. The van der Waals surface area contributed by atoms with E-state index in [0.29, 0.717) is 13.1 Å². The van der Waals surface area contributed by atoms with Gasteiger partial charge in [-0.1, -0.05) is 23.4 Å². The molecule has 2 heterocycles. The van der Waals surface area contributed by atoms with E-state index in [-0.39, 0.29) is 17.6 Å². The summed E-state index contributed by atoms with van der Waals surface area (Å²) in [6.07, 6.45) is 8.19. The van der Waals surface area contributed by atoms with Crippen LogP contribution < -0.4 is 0 Å². The maximum atomic E-state index is 11.7. The highest BCUT2D eigenvalue weighted by Gasteiger charge is 2.31. The molecule has 0 aromatic carbocycles. The lowest BCUT2D eigenvalue weighted by Crippen LogP contribution is -2.50. The number of likely N-dealkylation sites (tertiary alicyclic amines) is 1. The van der Waals surface area contributed by atoms with Gasteiger partial charge in [-0.15, -0.1) is 5.10 Å². The van der Waals surface area contributed by atoms with Crippen molar-refractivity contribution in [2.45, 2.75) is 13.0 Å². The van der Waals surface area contributed by atoms with E-state index in [4.69, 9.17) is 5.11 Å². The Morgan fingerprint density at radius 2 is 2.16 bits per heavy atom. The first kappa shape index (κ1) is 13.0. The molecule has 7 heteroatoms. The van der Waals surface area contributed by atoms with Gasteiger partial charge in [-0.25, -0.2) is 9.48 Å². The number of aromatic carboxylic acids is 1. The fourth-order valence-corrected chi connectivity index (χ4v) is 1.71. The Balaban J connectivity index is 1.88. The molecule has 1 aromatic heterocycles. The van der Waals surface area contributed by atoms with Gasteiger partial charge in [-0.05, 0) is 6.92 Å². The van der Waals surface area contributed by atoms with E-state index in [2.05, 4.69) is 10.3 Å². The van der Waals surface area contributed by atoms with Gasteiger partial charge in [0.05, 0.1) is 12.2 Å². The molecule has 1 amide bonds. The predicted octanol–water partition coefficient (Wildman–Crippen LogP) is 0.492. The summed E-state index contributed by atoms with van der Waals surface area (Å²) in [5.74, 6) is -1.17. The Labute approximate surface area is 109 Å². The number of hydrogen-bond donors (Lipinski definition) is 1. The Kier molecular flexibility index (Phi) is 3.74. The van der Waals surface area contributed by atoms with Gasteiger partial charge in [0.2, 0.25) is 5.91 Å². The fourth-order valence-electron chi connectivity index (χ4n) is 1.71. The molecule has 0 atom stereocenters. The summed E-state index contributed by atoms with van der Waals surface area (Å²) in [4.78, 5) is 24.0. The molecule has 0 unspecified atom stereocenters. The number of carbonyl (C=O) groups is 2. The maximum absolute atomic E-state index is 11.7. The van der Waals surface area contributed by atoms with Gasteiger partial charge in [0.25, 0.3) is 0 Å². The third kappa shape index (κ3) is 2.87. The van der Waals surface area contributed by atoms with Crippen molar-refractivity contribution in [2.24, 2.45) is 0 Å². The minimum atomic E-state index is -1.10. The minimum Gasteiger partial charge on any atom is -0.476 e. The van der Waals surface area contributed by atoms with E-state index in [1.54, 1.807) is 17.1 Å². The summed E-state index contributed by atoms with van der Waals surface area (Å²) in [5, 5.41) is 16.0. The summed E-state index contributed by atoms with van der Waals surface area (Å²) >= 11 is 0. The smallest absolute Gasteiger partial charge is 0.358 e. The molecule has 0 saturated carbocycles. The van der Waals surface area contributed by atoms with Crippen molar-refractivity contribution in [1.29, 1.82) is 0 Å². The normalized spacial score (nSPS) is 16.2. The van der Waals surface area contributed by atoms with Crippen LogP contribution in [0.5, 0.6) is 0 Å². The van der Waals surface area contributed by atoms with Crippen molar-refractivity contribution >= 4 is 11.9 Å². The number of rotatable bonds is 4. The molecule has 1 saturated heterocycles. The Bertz CT molecular complexity index is 541. The average molecular weight is 262 g/mol.